The topological polar surface area (TPSA) is 49.0 Å². The van der Waals surface area contributed by atoms with E-state index in [0.29, 0.717) is 19.8 Å². The van der Waals surface area contributed by atoms with Gasteiger partial charge in [0.05, 0.1) is 18.9 Å². The van der Waals surface area contributed by atoms with E-state index in [0.717, 1.165) is 30.5 Å². The van der Waals surface area contributed by atoms with Gasteiger partial charge in [-0.05, 0) is 30.7 Å². The molecule has 1 atom stereocenters. The highest BCUT2D eigenvalue weighted by molar-refractivity contribution is 5.68. The zero-order valence-corrected chi connectivity index (χ0v) is 14.5. The second-order valence-corrected chi connectivity index (χ2v) is 6.40. The van der Waals surface area contributed by atoms with Crippen molar-refractivity contribution in [2.75, 3.05) is 26.4 Å². The van der Waals surface area contributed by atoms with Gasteiger partial charge in [-0.25, -0.2) is 0 Å². The van der Waals surface area contributed by atoms with Gasteiger partial charge in [-0.3, -0.25) is 10.3 Å². The number of rotatable bonds is 7. The van der Waals surface area contributed by atoms with Crippen LogP contribution in [0, 0.1) is 0 Å². The Morgan fingerprint density at radius 2 is 2.08 bits per heavy atom. The highest BCUT2D eigenvalue weighted by atomic mass is 19.4. The lowest BCUT2D eigenvalue weighted by Gasteiger charge is -2.16. The van der Waals surface area contributed by atoms with E-state index in [1.54, 1.807) is 12.1 Å². The first-order chi connectivity index (χ1) is 12.4. The fourth-order valence-corrected chi connectivity index (χ4v) is 2.77. The van der Waals surface area contributed by atoms with E-state index in [4.69, 9.17) is 19.0 Å². The van der Waals surface area contributed by atoms with Gasteiger partial charge in [0, 0.05) is 18.6 Å². The minimum atomic E-state index is -4.41. The van der Waals surface area contributed by atoms with Gasteiger partial charge in [-0.1, -0.05) is 13.3 Å². The number of hydrogen-bond acceptors (Lipinski definition) is 5. The van der Waals surface area contributed by atoms with Crippen LogP contribution in [0.2, 0.25) is 0 Å². The van der Waals surface area contributed by atoms with E-state index < -0.39 is 18.4 Å². The average Bonchev–Trinajstić information content (AvgIpc) is 3.23. The molecule has 1 spiro atoms. The molecule has 1 N–H and O–H groups in total. The summed E-state index contributed by atoms with van der Waals surface area (Å²) >= 11 is 0. The molecule has 2 aliphatic heterocycles. The van der Waals surface area contributed by atoms with Crippen LogP contribution in [0.4, 0.5) is 13.2 Å². The Hall–Kier alpha value is -1.93. The second kappa shape index (κ2) is 7.75. The van der Waals surface area contributed by atoms with Crippen LogP contribution in [-0.4, -0.2) is 38.2 Å². The lowest BCUT2D eigenvalue weighted by Crippen LogP contribution is -2.29. The van der Waals surface area contributed by atoms with Crippen molar-refractivity contribution in [2.45, 2.75) is 38.0 Å². The third kappa shape index (κ3) is 4.62. The fraction of sp³-hybridized carbons (Fsp3) is 0.556. The number of ether oxygens (including phenoxy) is 3. The number of alkyl halides is 3. The third-order valence-electron chi connectivity index (χ3n) is 4.19. The van der Waals surface area contributed by atoms with Crippen LogP contribution in [0.3, 0.4) is 0 Å². The molecule has 3 rings (SSSR count). The highest BCUT2D eigenvalue weighted by Crippen LogP contribution is 2.36. The normalized spacial score (nSPS) is 22.4. The molecule has 0 aliphatic carbocycles. The Morgan fingerprint density at radius 1 is 1.23 bits per heavy atom. The van der Waals surface area contributed by atoms with Gasteiger partial charge in [0.2, 0.25) is 0 Å². The molecule has 0 bridgehead atoms. The van der Waals surface area contributed by atoms with Crippen molar-refractivity contribution in [1.82, 2.24) is 5.48 Å². The van der Waals surface area contributed by atoms with Crippen molar-refractivity contribution < 1.29 is 32.2 Å². The average molecular weight is 373 g/mol. The van der Waals surface area contributed by atoms with Crippen LogP contribution < -0.4 is 15.0 Å². The lowest BCUT2D eigenvalue weighted by molar-refractivity contribution is -0.153. The van der Waals surface area contributed by atoms with Crippen LogP contribution in [0.1, 0.15) is 31.7 Å². The molecule has 1 aromatic rings. The van der Waals surface area contributed by atoms with Crippen molar-refractivity contribution in [1.29, 1.82) is 0 Å². The predicted octanol–water partition coefficient (Wildman–Crippen LogP) is 3.84. The molecule has 144 valence electrons. The van der Waals surface area contributed by atoms with Gasteiger partial charge in [-0.2, -0.15) is 13.2 Å². The molecule has 26 heavy (non-hydrogen) atoms. The Labute approximate surface area is 150 Å². The van der Waals surface area contributed by atoms with Gasteiger partial charge < -0.3 is 14.2 Å². The van der Waals surface area contributed by atoms with Gasteiger partial charge in [0.15, 0.2) is 18.1 Å². The predicted molar refractivity (Wildman–Crippen MR) is 88.8 cm³/mol. The molecule has 0 amide bonds. The first-order valence-electron chi connectivity index (χ1n) is 8.62. The minimum absolute atomic E-state index is 0.0700. The maximum atomic E-state index is 12.5. The molecule has 5 nitrogen and oxygen atoms in total. The second-order valence-electron chi connectivity index (χ2n) is 6.40. The zero-order valence-electron chi connectivity index (χ0n) is 14.5. The van der Waals surface area contributed by atoms with E-state index in [-0.39, 0.29) is 11.5 Å². The summed E-state index contributed by atoms with van der Waals surface area (Å²) in [5, 5.41) is 0. The van der Waals surface area contributed by atoms with Crippen LogP contribution in [0.15, 0.2) is 24.3 Å². The summed E-state index contributed by atoms with van der Waals surface area (Å²) in [5.41, 5.74) is 3.88. The van der Waals surface area contributed by atoms with Gasteiger partial charge >= 0.3 is 6.18 Å². The Kier molecular flexibility index (Phi) is 5.62. The van der Waals surface area contributed by atoms with E-state index >= 15 is 0 Å². The van der Waals surface area contributed by atoms with Crippen LogP contribution in [0.25, 0.3) is 5.70 Å². The fourth-order valence-electron chi connectivity index (χ4n) is 2.77. The maximum Gasteiger partial charge on any atom is 0.422 e. The van der Waals surface area contributed by atoms with Gasteiger partial charge in [-0.15, -0.1) is 0 Å². The van der Waals surface area contributed by atoms with Gasteiger partial charge in [0.1, 0.15) is 5.60 Å². The third-order valence-corrected chi connectivity index (χ3v) is 4.19. The molecule has 2 aliphatic rings. The van der Waals surface area contributed by atoms with Crippen molar-refractivity contribution in [3.05, 3.63) is 29.8 Å². The molecule has 0 radical (unpaired) electrons. The molecule has 0 aromatic heterocycles. The quantitative estimate of drug-likeness (QED) is 0.736. The maximum absolute atomic E-state index is 12.5. The number of hydroxylamine groups is 1. The van der Waals surface area contributed by atoms with Crippen LogP contribution in [-0.2, 0) is 9.57 Å². The number of benzene rings is 1. The van der Waals surface area contributed by atoms with Crippen LogP contribution >= 0.6 is 0 Å². The number of halogens is 3. The highest BCUT2D eigenvalue weighted by Gasteiger charge is 2.39. The largest absolute Gasteiger partial charge is 0.490 e. The first-order valence-corrected chi connectivity index (χ1v) is 8.62. The summed E-state index contributed by atoms with van der Waals surface area (Å²) in [7, 11) is 0. The summed E-state index contributed by atoms with van der Waals surface area (Å²) in [6, 6.07) is 4.83. The van der Waals surface area contributed by atoms with Crippen molar-refractivity contribution in [2.24, 2.45) is 0 Å². The molecule has 1 saturated heterocycles. The summed E-state index contributed by atoms with van der Waals surface area (Å²) in [6.45, 7) is 2.15. The summed E-state index contributed by atoms with van der Waals surface area (Å²) in [4.78, 5) is 5.64. The van der Waals surface area contributed by atoms with Crippen LogP contribution in [0.5, 0.6) is 11.5 Å². The van der Waals surface area contributed by atoms with Crippen molar-refractivity contribution in [3.63, 3.8) is 0 Å². The Morgan fingerprint density at radius 3 is 2.77 bits per heavy atom. The molecule has 8 heteroatoms. The lowest BCUT2D eigenvalue weighted by atomic mass is 10.0. The zero-order chi connectivity index (χ0) is 18.6. The Balaban J connectivity index is 1.79. The van der Waals surface area contributed by atoms with Crippen molar-refractivity contribution in [3.8, 4) is 11.5 Å². The first kappa shape index (κ1) is 18.8. The summed E-state index contributed by atoms with van der Waals surface area (Å²) < 4.78 is 53.3. The number of unbranched alkanes of at least 4 members (excludes halogenated alkanes) is 1. The van der Waals surface area contributed by atoms with E-state index in [1.165, 1.54) is 6.07 Å². The van der Waals surface area contributed by atoms with E-state index in [9.17, 15) is 13.2 Å². The molecule has 1 aromatic carbocycles. The molecule has 1 fully saturated rings. The standard InChI is InChI=1S/C18H22F3NO4/c1-2-3-7-24-16-9-13(4-5-15(16)25-12-18(19,20)21)14-10-17(26-22-14)6-8-23-11-17/h4-5,9-10,22H,2-3,6-8,11-12H2,1H3. The minimum Gasteiger partial charge on any atom is -0.490 e. The molecular weight excluding hydrogens is 351 g/mol. The monoisotopic (exact) mass is 373 g/mol. The molecule has 0 saturated carbocycles. The number of hydrogen-bond donors (Lipinski definition) is 1. The van der Waals surface area contributed by atoms with E-state index in [1.807, 2.05) is 13.0 Å². The number of nitrogens with one attached hydrogen (secondary N) is 1. The summed E-state index contributed by atoms with van der Waals surface area (Å²) in [5.74, 6) is 0.354. The molecular formula is C18H22F3NO4. The molecule has 2 heterocycles. The Bertz CT molecular complexity index is 654. The van der Waals surface area contributed by atoms with Crippen molar-refractivity contribution >= 4 is 5.70 Å². The summed E-state index contributed by atoms with van der Waals surface area (Å²) in [6.07, 6.45) is 0.00404. The van der Waals surface area contributed by atoms with Gasteiger partial charge in [0.25, 0.3) is 0 Å². The SMILES string of the molecule is CCCCOc1cc(C2=CC3(CCOC3)ON2)ccc1OCC(F)(F)F. The van der Waals surface area contributed by atoms with E-state index in [2.05, 4.69) is 5.48 Å². The molecule has 1 unspecified atom stereocenters. The smallest absolute Gasteiger partial charge is 0.422 e.